The molecule has 0 heterocycles. The number of nitrogens with zero attached hydrogens (tertiary/aromatic N) is 1. The minimum Gasteiger partial charge on any atom is -0.302 e. The lowest BCUT2D eigenvalue weighted by atomic mass is 9.91. The second-order valence-corrected chi connectivity index (χ2v) is 4.88. The first-order chi connectivity index (χ1) is 7.88. The average molecular weight is 233 g/mol. The summed E-state index contributed by atoms with van der Waals surface area (Å²) in [5.41, 5.74) is 5.72. The van der Waals surface area contributed by atoms with E-state index in [0.29, 0.717) is 0 Å². The van der Waals surface area contributed by atoms with E-state index in [0.717, 1.165) is 29.8 Å². The van der Waals surface area contributed by atoms with E-state index < -0.39 is 0 Å². The van der Waals surface area contributed by atoms with Crippen LogP contribution in [0.1, 0.15) is 46.5 Å². The SMILES string of the molecule is CCN(C)Cc1c(C)cc(C)c(C(C)=O)c1C. The first-order valence-electron chi connectivity index (χ1n) is 6.17. The maximum atomic E-state index is 11.7. The number of Topliss-reactive ketones (excluding diaryl/α,β-unsaturated/α-hetero) is 1. The Bertz CT molecular complexity index is 435. The molecule has 0 saturated carbocycles. The molecule has 2 nitrogen and oxygen atoms in total. The van der Waals surface area contributed by atoms with Gasteiger partial charge in [-0.05, 0) is 63.5 Å². The van der Waals surface area contributed by atoms with Crippen LogP contribution < -0.4 is 0 Å². The molecular weight excluding hydrogens is 210 g/mol. The van der Waals surface area contributed by atoms with Crippen molar-refractivity contribution >= 4 is 5.78 Å². The molecule has 0 spiro atoms. The van der Waals surface area contributed by atoms with Crippen LogP contribution in [-0.2, 0) is 6.54 Å². The van der Waals surface area contributed by atoms with Crippen molar-refractivity contribution in [2.75, 3.05) is 13.6 Å². The van der Waals surface area contributed by atoms with Crippen LogP contribution in [-0.4, -0.2) is 24.3 Å². The highest BCUT2D eigenvalue weighted by Crippen LogP contribution is 2.23. The fraction of sp³-hybridized carbons (Fsp3) is 0.533. The van der Waals surface area contributed by atoms with Crippen molar-refractivity contribution in [1.82, 2.24) is 4.90 Å². The zero-order valence-corrected chi connectivity index (χ0v) is 11.8. The third-order valence-electron chi connectivity index (χ3n) is 3.45. The number of benzene rings is 1. The summed E-state index contributed by atoms with van der Waals surface area (Å²) in [5, 5.41) is 0. The number of carbonyl (C=O) groups is 1. The molecule has 17 heavy (non-hydrogen) atoms. The maximum Gasteiger partial charge on any atom is 0.160 e. The maximum absolute atomic E-state index is 11.7. The summed E-state index contributed by atoms with van der Waals surface area (Å²) in [6.45, 7) is 11.9. The van der Waals surface area contributed by atoms with E-state index in [1.54, 1.807) is 6.92 Å². The molecule has 0 radical (unpaired) electrons. The molecule has 0 aromatic heterocycles. The molecule has 0 amide bonds. The van der Waals surface area contributed by atoms with Crippen LogP contribution in [0.5, 0.6) is 0 Å². The van der Waals surface area contributed by atoms with E-state index in [1.807, 2.05) is 6.92 Å². The van der Waals surface area contributed by atoms with E-state index in [-0.39, 0.29) is 5.78 Å². The molecule has 0 aliphatic carbocycles. The van der Waals surface area contributed by atoms with Gasteiger partial charge in [0, 0.05) is 12.1 Å². The van der Waals surface area contributed by atoms with Crippen LogP contribution in [0.3, 0.4) is 0 Å². The largest absolute Gasteiger partial charge is 0.302 e. The van der Waals surface area contributed by atoms with Gasteiger partial charge in [0.25, 0.3) is 0 Å². The summed E-state index contributed by atoms with van der Waals surface area (Å²) >= 11 is 0. The van der Waals surface area contributed by atoms with Gasteiger partial charge in [-0.3, -0.25) is 4.79 Å². The molecule has 1 rings (SSSR count). The van der Waals surface area contributed by atoms with Crippen molar-refractivity contribution in [3.63, 3.8) is 0 Å². The summed E-state index contributed by atoms with van der Waals surface area (Å²) < 4.78 is 0. The molecule has 1 aromatic carbocycles. The summed E-state index contributed by atoms with van der Waals surface area (Å²) in [6.07, 6.45) is 0. The average Bonchev–Trinajstić information content (AvgIpc) is 2.22. The highest BCUT2D eigenvalue weighted by molar-refractivity contribution is 5.97. The molecule has 0 unspecified atom stereocenters. The Kier molecular flexibility index (Phi) is 4.47. The van der Waals surface area contributed by atoms with Gasteiger partial charge in [0.1, 0.15) is 0 Å². The van der Waals surface area contributed by atoms with Gasteiger partial charge in [0.15, 0.2) is 5.78 Å². The van der Waals surface area contributed by atoms with Crippen LogP contribution in [0.25, 0.3) is 0 Å². The Hall–Kier alpha value is -1.15. The Labute approximate surface area is 105 Å². The van der Waals surface area contributed by atoms with Crippen LogP contribution >= 0.6 is 0 Å². The van der Waals surface area contributed by atoms with Crippen molar-refractivity contribution in [1.29, 1.82) is 0 Å². The quantitative estimate of drug-likeness (QED) is 0.744. The topological polar surface area (TPSA) is 20.3 Å². The first-order valence-corrected chi connectivity index (χ1v) is 6.17. The Morgan fingerprint density at radius 1 is 1.24 bits per heavy atom. The van der Waals surface area contributed by atoms with Crippen molar-refractivity contribution < 1.29 is 4.79 Å². The van der Waals surface area contributed by atoms with Gasteiger partial charge < -0.3 is 4.90 Å². The van der Waals surface area contributed by atoms with Crippen molar-refractivity contribution in [2.45, 2.75) is 41.2 Å². The molecule has 0 atom stereocenters. The highest BCUT2D eigenvalue weighted by Gasteiger charge is 2.14. The van der Waals surface area contributed by atoms with Gasteiger partial charge in [-0.15, -0.1) is 0 Å². The summed E-state index contributed by atoms with van der Waals surface area (Å²) in [4.78, 5) is 14.0. The van der Waals surface area contributed by atoms with Crippen molar-refractivity contribution in [3.05, 3.63) is 33.9 Å². The van der Waals surface area contributed by atoms with Gasteiger partial charge in [-0.1, -0.05) is 13.0 Å². The van der Waals surface area contributed by atoms with Crippen LogP contribution in [0.4, 0.5) is 0 Å². The lowest BCUT2D eigenvalue weighted by Crippen LogP contribution is -2.19. The lowest BCUT2D eigenvalue weighted by Gasteiger charge is -2.20. The normalized spacial score (nSPS) is 11.0. The number of hydrogen-bond donors (Lipinski definition) is 0. The second kappa shape index (κ2) is 5.46. The fourth-order valence-electron chi connectivity index (χ4n) is 2.39. The third-order valence-corrected chi connectivity index (χ3v) is 3.45. The highest BCUT2D eigenvalue weighted by atomic mass is 16.1. The second-order valence-electron chi connectivity index (χ2n) is 4.88. The number of rotatable bonds is 4. The minimum atomic E-state index is 0.167. The molecule has 0 saturated heterocycles. The van der Waals surface area contributed by atoms with Gasteiger partial charge in [0.05, 0.1) is 0 Å². The Morgan fingerprint density at radius 3 is 2.29 bits per heavy atom. The number of carbonyl (C=O) groups excluding carboxylic acids is 1. The number of hydrogen-bond acceptors (Lipinski definition) is 2. The molecule has 2 heteroatoms. The predicted octanol–water partition coefficient (Wildman–Crippen LogP) is 3.27. The lowest BCUT2D eigenvalue weighted by molar-refractivity contribution is 0.101. The zero-order chi connectivity index (χ0) is 13.2. The minimum absolute atomic E-state index is 0.167. The summed E-state index contributed by atoms with van der Waals surface area (Å²) in [7, 11) is 2.10. The van der Waals surface area contributed by atoms with Gasteiger partial charge in [0.2, 0.25) is 0 Å². The van der Waals surface area contributed by atoms with Gasteiger partial charge >= 0.3 is 0 Å². The van der Waals surface area contributed by atoms with Gasteiger partial charge in [-0.2, -0.15) is 0 Å². The van der Waals surface area contributed by atoms with Gasteiger partial charge in [-0.25, -0.2) is 0 Å². The van der Waals surface area contributed by atoms with Crippen molar-refractivity contribution in [3.8, 4) is 0 Å². The predicted molar refractivity (Wildman–Crippen MR) is 72.7 cm³/mol. The molecule has 0 N–H and O–H groups in total. The molecule has 94 valence electrons. The number of aryl methyl sites for hydroxylation is 2. The fourth-order valence-corrected chi connectivity index (χ4v) is 2.39. The Balaban J connectivity index is 3.30. The van der Waals surface area contributed by atoms with E-state index in [9.17, 15) is 4.79 Å². The standard InChI is InChI=1S/C15H23NO/c1-7-16(6)9-14-10(2)8-11(3)15(12(14)4)13(5)17/h8H,7,9H2,1-6H3. The Morgan fingerprint density at radius 2 is 1.82 bits per heavy atom. The van der Waals surface area contributed by atoms with Crippen molar-refractivity contribution in [2.24, 2.45) is 0 Å². The molecule has 0 fully saturated rings. The zero-order valence-electron chi connectivity index (χ0n) is 11.8. The van der Waals surface area contributed by atoms with E-state index in [2.05, 4.69) is 38.8 Å². The molecule has 0 bridgehead atoms. The molecular formula is C15H23NO. The van der Waals surface area contributed by atoms with E-state index in [4.69, 9.17) is 0 Å². The van der Waals surface area contributed by atoms with E-state index in [1.165, 1.54) is 11.1 Å². The molecule has 1 aromatic rings. The smallest absolute Gasteiger partial charge is 0.160 e. The molecule has 0 aliphatic heterocycles. The summed E-state index contributed by atoms with van der Waals surface area (Å²) in [5.74, 6) is 0.167. The van der Waals surface area contributed by atoms with Crippen LogP contribution in [0.2, 0.25) is 0 Å². The monoisotopic (exact) mass is 233 g/mol. The third kappa shape index (κ3) is 2.95. The summed E-state index contributed by atoms with van der Waals surface area (Å²) in [6, 6.07) is 2.13. The molecule has 0 aliphatic rings. The van der Waals surface area contributed by atoms with E-state index >= 15 is 0 Å². The van der Waals surface area contributed by atoms with Crippen LogP contribution in [0, 0.1) is 20.8 Å². The first kappa shape index (κ1) is 13.9. The number of ketones is 1. The van der Waals surface area contributed by atoms with Crippen LogP contribution in [0.15, 0.2) is 6.07 Å².